The summed E-state index contributed by atoms with van der Waals surface area (Å²) in [7, 11) is 2.10. The van der Waals surface area contributed by atoms with Crippen LogP contribution >= 0.6 is 38.9 Å². The van der Waals surface area contributed by atoms with Crippen molar-refractivity contribution >= 4 is 44.6 Å². The summed E-state index contributed by atoms with van der Waals surface area (Å²) in [6.45, 7) is 0.935. The fourth-order valence-corrected chi connectivity index (χ4v) is 3.27. The van der Waals surface area contributed by atoms with Gasteiger partial charge in [-0.05, 0) is 29.1 Å². The number of benzene rings is 1. The number of anilines is 1. The van der Waals surface area contributed by atoms with Crippen LogP contribution in [0.5, 0.6) is 0 Å². The Kier molecular flexibility index (Phi) is 4.48. The summed E-state index contributed by atoms with van der Waals surface area (Å²) in [4.78, 5) is 3.60. The molecule has 1 aromatic heterocycles. The monoisotopic (exact) mass is 329 g/mol. The Morgan fingerprint density at radius 2 is 2.18 bits per heavy atom. The molecule has 0 atom stereocenters. The molecule has 0 N–H and O–H groups in total. The Morgan fingerprint density at radius 1 is 1.35 bits per heavy atom. The van der Waals surface area contributed by atoms with E-state index in [4.69, 9.17) is 11.6 Å². The molecule has 0 amide bonds. The fourth-order valence-electron chi connectivity index (χ4n) is 1.61. The minimum atomic E-state index is 0.537. The maximum absolute atomic E-state index is 5.84. The van der Waals surface area contributed by atoms with Gasteiger partial charge in [0.2, 0.25) is 0 Å². The van der Waals surface area contributed by atoms with Crippen LogP contribution in [0.4, 0.5) is 5.69 Å². The Hall–Kier alpha value is -0.510. The highest BCUT2D eigenvalue weighted by Gasteiger charge is 2.05. The van der Waals surface area contributed by atoms with Gasteiger partial charge in [-0.1, -0.05) is 28.1 Å². The zero-order valence-electron chi connectivity index (χ0n) is 9.49. The molecule has 0 aliphatic rings. The van der Waals surface area contributed by atoms with Crippen molar-refractivity contribution < 1.29 is 0 Å². The first-order valence-electron chi connectivity index (χ1n) is 5.28. The van der Waals surface area contributed by atoms with Crippen LogP contribution in [0.15, 0.2) is 40.2 Å². The van der Waals surface area contributed by atoms with E-state index < -0.39 is 0 Å². The van der Waals surface area contributed by atoms with Crippen LogP contribution in [0, 0.1) is 0 Å². The van der Waals surface area contributed by atoms with Gasteiger partial charge in [-0.3, -0.25) is 0 Å². The summed E-state index contributed by atoms with van der Waals surface area (Å²) >= 11 is 11.2. The lowest BCUT2D eigenvalue weighted by atomic mass is 10.2. The van der Waals surface area contributed by atoms with Crippen molar-refractivity contribution in [3.63, 3.8) is 0 Å². The van der Waals surface area contributed by atoms with Crippen LogP contribution in [0.1, 0.15) is 10.4 Å². The van der Waals surface area contributed by atoms with E-state index in [1.807, 2.05) is 0 Å². The average molecular weight is 331 g/mol. The Bertz CT molecular complexity index is 484. The molecule has 1 nitrogen and oxygen atoms in total. The maximum Gasteiger partial charge on any atom is 0.0519 e. The Balaban J connectivity index is 2.14. The summed E-state index contributed by atoms with van der Waals surface area (Å²) in [5.41, 5.74) is 2.32. The number of alkyl halides is 1. The van der Waals surface area contributed by atoms with Crippen molar-refractivity contribution in [2.45, 2.75) is 12.4 Å². The second kappa shape index (κ2) is 5.89. The molecule has 0 bridgehead atoms. The van der Waals surface area contributed by atoms with Crippen molar-refractivity contribution in [2.24, 2.45) is 0 Å². The highest BCUT2D eigenvalue weighted by atomic mass is 79.9. The zero-order valence-corrected chi connectivity index (χ0v) is 12.6. The van der Waals surface area contributed by atoms with Crippen LogP contribution in [0.3, 0.4) is 0 Å². The normalized spacial score (nSPS) is 10.5. The first kappa shape index (κ1) is 12.9. The fraction of sp³-hybridized carbons (Fsp3) is 0.231. The van der Waals surface area contributed by atoms with Gasteiger partial charge in [0, 0.05) is 28.0 Å². The van der Waals surface area contributed by atoms with Crippen molar-refractivity contribution in [1.82, 2.24) is 0 Å². The molecule has 0 saturated heterocycles. The molecule has 0 fully saturated rings. The van der Waals surface area contributed by atoms with Gasteiger partial charge in [0.25, 0.3) is 0 Å². The van der Waals surface area contributed by atoms with Crippen LogP contribution < -0.4 is 4.90 Å². The predicted octanol–water partition coefficient (Wildman–Crippen LogP) is 4.89. The smallest absolute Gasteiger partial charge is 0.0519 e. The van der Waals surface area contributed by atoms with Gasteiger partial charge in [-0.2, -0.15) is 0 Å². The first-order valence-corrected chi connectivity index (χ1v) is 7.49. The van der Waals surface area contributed by atoms with Crippen molar-refractivity contribution in [1.29, 1.82) is 0 Å². The summed E-state index contributed by atoms with van der Waals surface area (Å²) in [6, 6.07) is 10.5. The van der Waals surface area contributed by atoms with Crippen LogP contribution in [0.2, 0.25) is 0 Å². The van der Waals surface area contributed by atoms with Crippen LogP contribution in [-0.2, 0) is 12.4 Å². The van der Waals surface area contributed by atoms with Gasteiger partial charge < -0.3 is 4.90 Å². The highest BCUT2D eigenvalue weighted by Crippen LogP contribution is 2.26. The molecule has 0 radical (unpaired) electrons. The van der Waals surface area contributed by atoms with Crippen molar-refractivity contribution in [2.75, 3.05) is 11.9 Å². The minimum absolute atomic E-state index is 0.537. The molecule has 17 heavy (non-hydrogen) atoms. The first-order chi connectivity index (χ1) is 8.20. The number of nitrogens with zero attached hydrogens (tertiary/aromatic N) is 1. The molecule has 0 saturated carbocycles. The quantitative estimate of drug-likeness (QED) is 0.722. The highest BCUT2D eigenvalue weighted by molar-refractivity contribution is 9.10. The molecule has 0 aliphatic carbocycles. The van der Waals surface area contributed by atoms with Gasteiger partial charge in [0.15, 0.2) is 0 Å². The summed E-state index contributed by atoms with van der Waals surface area (Å²) in [6.07, 6.45) is 0. The number of halogens is 2. The molecule has 0 aliphatic heterocycles. The van der Waals surface area contributed by atoms with Crippen molar-refractivity contribution in [3.8, 4) is 0 Å². The third-order valence-electron chi connectivity index (χ3n) is 2.59. The van der Waals surface area contributed by atoms with Crippen molar-refractivity contribution in [3.05, 3.63) is 50.6 Å². The molecular weight excluding hydrogens is 318 g/mol. The van der Waals surface area contributed by atoms with E-state index >= 15 is 0 Å². The van der Waals surface area contributed by atoms with Gasteiger partial charge in [0.1, 0.15) is 0 Å². The zero-order chi connectivity index (χ0) is 12.3. The minimum Gasteiger partial charge on any atom is -0.369 e. The van der Waals surface area contributed by atoms with Gasteiger partial charge in [0.05, 0.1) is 6.54 Å². The summed E-state index contributed by atoms with van der Waals surface area (Å²) in [5, 5.41) is 2.11. The van der Waals surface area contributed by atoms with Crippen LogP contribution in [-0.4, -0.2) is 7.05 Å². The second-order valence-electron chi connectivity index (χ2n) is 3.84. The molecule has 90 valence electrons. The SMILES string of the molecule is CN(Cc1cccs1)c1ccc(CCl)c(Br)c1. The number of hydrogen-bond donors (Lipinski definition) is 0. The predicted molar refractivity (Wildman–Crippen MR) is 80.1 cm³/mol. The Morgan fingerprint density at radius 3 is 2.76 bits per heavy atom. The van der Waals surface area contributed by atoms with E-state index in [0.29, 0.717) is 5.88 Å². The van der Waals surface area contributed by atoms with E-state index in [0.717, 1.165) is 16.6 Å². The molecule has 1 aromatic carbocycles. The van der Waals surface area contributed by atoms with E-state index in [1.54, 1.807) is 11.3 Å². The second-order valence-corrected chi connectivity index (χ2v) is 6.00. The lowest BCUT2D eigenvalue weighted by molar-refractivity contribution is 0.939. The maximum atomic E-state index is 5.84. The van der Waals surface area contributed by atoms with Gasteiger partial charge in [-0.15, -0.1) is 22.9 Å². The van der Waals surface area contributed by atoms with E-state index in [2.05, 4.69) is 63.6 Å². The molecule has 4 heteroatoms. The van der Waals surface area contributed by atoms with E-state index in [-0.39, 0.29) is 0 Å². The third kappa shape index (κ3) is 3.24. The molecule has 0 spiro atoms. The molecule has 1 heterocycles. The molecular formula is C13H13BrClNS. The molecule has 2 rings (SSSR count). The molecule has 0 unspecified atom stereocenters. The number of thiophene rings is 1. The summed E-state index contributed by atoms with van der Waals surface area (Å²) < 4.78 is 1.07. The standard InChI is InChI=1S/C13H13BrClNS/c1-16(9-12-3-2-6-17-12)11-5-4-10(8-15)13(14)7-11/h2-7H,8-9H2,1H3. The van der Waals surface area contributed by atoms with Gasteiger partial charge in [-0.25, -0.2) is 0 Å². The third-order valence-corrected chi connectivity index (χ3v) is 4.48. The molecule has 2 aromatic rings. The Labute approximate surface area is 119 Å². The van der Waals surface area contributed by atoms with E-state index in [9.17, 15) is 0 Å². The topological polar surface area (TPSA) is 3.24 Å². The lowest BCUT2D eigenvalue weighted by Gasteiger charge is -2.19. The number of rotatable bonds is 4. The summed E-state index contributed by atoms with van der Waals surface area (Å²) in [5.74, 6) is 0.537. The van der Waals surface area contributed by atoms with Gasteiger partial charge >= 0.3 is 0 Å². The largest absolute Gasteiger partial charge is 0.369 e. The lowest BCUT2D eigenvalue weighted by Crippen LogP contribution is -2.15. The van der Waals surface area contributed by atoms with E-state index in [1.165, 1.54) is 10.6 Å². The number of hydrogen-bond acceptors (Lipinski definition) is 2. The van der Waals surface area contributed by atoms with Crippen LogP contribution in [0.25, 0.3) is 0 Å². The average Bonchev–Trinajstić information content (AvgIpc) is 2.81.